The highest BCUT2D eigenvalue weighted by atomic mass is 35.5. The number of fused-ring (bicyclic) bond motifs is 6. The van der Waals surface area contributed by atoms with Crippen LogP contribution < -0.4 is 33.2 Å². The SMILES string of the molecule is C=CCCC(Oc1ccc(-c2ccc(F)cc2)cc1)C(=O)O.C=CCCC(Oc1ccc(-c2ccc(OC)cc2)cc1)C(=O)O.O=C(O)C(CCC1=CCCC1)Oc1ccc(C(F)(F)F)cc1.O=C(O)C(CCC1=CCCC1)Oc1ccc2oc3ccccc3c2c1.O=C(O)C(CCC1=CCCCC1)Oc1ccc(Cl)cc1.O=C(O)C(CCC1=CCCCC1)Oc1ccc2oc3ccccc3c2c1. The molecule has 4 aliphatic carbocycles. The van der Waals surface area contributed by atoms with Crippen molar-refractivity contribution in [2.75, 3.05) is 7.11 Å². The number of carboxylic acids is 6. The largest absolute Gasteiger partial charge is 0.497 e. The van der Waals surface area contributed by atoms with E-state index in [1.165, 1.54) is 66.5 Å². The molecule has 0 radical (unpaired) electrons. The van der Waals surface area contributed by atoms with Crippen LogP contribution in [0.15, 0.2) is 311 Å². The molecular formula is C112H115ClF4O21. The number of hydrogen-bond acceptors (Lipinski definition) is 15. The van der Waals surface area contributed by atoms with Gasteiger partial charge in [0.15, 0.2) is 36.6 Å². The zero-order chi connectivity index (χ0) is 98.3. The maximum absolute atomic E-state index is 12.9. The second-order valence-corrected chi connectivity index (χ2v) is 34.0. The number of benzene rings is 10. The third kappa shape index (κ3) is 33.0. The molecule has 724 valence electrons. The highest BCUT2D eigenvalue weighted by Gasteiger charge is 2.32. The summed E-state index contributed by atoms with van der Waals surface area (Å²) in [5, 5.41) is 60.3. The van der Waals surface area contributed by atoms with Crippen LogP contribution in [0.3, 0.4) is 0 Å². The Kier molecular flexibility index (Phi) is 40.2. The molecule has 0 bridgehead atoms. The van der Waals surface area contributed by atoms with E-state index in [4.69, 9.17) is 63.8 Å². The first-order chi connectivity index (χ1) is 66.6. The van der Waals surface area contributed by atoms with Gasteiger partial charge in [0.25, 0.3) is 0 Å². The average Bonchev–Trinajstić information content (AvgIpc) is 1.64. The fourth-order valence-corrected chi connectivity index (χ4v) is 16.2. The number of furan rings is 2. The van der Waals surface area contributed by atoms with Crippen LogP contribution in [0.4, 0.5) is 17.6 Å². The van der Waals surface area contributed by atoms with Gasteiger partial charge in [0.2, 0.25) is 0 Å². The Labute approximate surface area is 803 Å². The van der Waals surface area contributed by atoms with Gasteiger partial charge in [-0.05, 0) is 335 Å². The van der Waals surface area contributed by atoms with Crippen molar-refractivity contribution in [2.45, 2.75) is 210 Å². The molecule has 0 amide bonds. The average molecular weight is 1910 g/mol. The van der Waals surface area contributed by atoms with Crippen LogP contribution in [0.25, 0.3) is 66.1 Å². The maximum Gasteiger partial charge on any atom is 0.416 e. The lowest BCUT2D eigenvalue weighted by Crippen LogP contribution is -2.27. The number of para-hydroxylation sites is 2. The summed E-state index contributed by atoms with van der Waals surface area (Å²) in [5.41, 5.74) is 11.6. The molecule has 21 nitrogen and oxygen atoms in total. The molecule has 0 fully saturated rings. The Balaban J connectivity index is 0.000000159. The minimum Gasteiger partial charge on any atom is -0.497 e. The zero-order valence-electron chi connectivity index (χ0n) is 76.9. The molecule has 10 aromatic carbocycles. The van der Waals surface area contributed by atoms with E-state index in [9.17, 15) is 66.8 Å². The van der Waals surface area contributed by atoms with E-state index in [0.29, 0.717) is 91.6 Å². The number of ether oxygens (including phenoxy) is 7. The molecule has 2 heterocycles. The van der Waals surface area contributed by atoms with Crippen molar-refractivity contribution in [3.63, 3.8) is 0 Å². The minimum absolute atomic E-state index is 0.126. The summed E-state index contributed by atoms with van der Waals surface area (Å²) in [6, 6.07) is 65.8. The number of methoxy groups -OCH3 is 1. The van der Waals surface area contributed by atoms with Crippen LogP contribution in [-0.4, -0.2) is 110 Å². The number of carbonyl (C=O) groups is 6. The molecule has 6 unspecified atom stereocenters. The van der Waals surface area contributed by atoms with Gasteiger partial charge in [-0.15, -0.1) is 13.2 Å². The molecule has 2 aromatic heterocycles. The van der Waals surface area contributed by atoms with Crippen molar-refractivity contribution >= 4 is 91.3 Å². The molecule has 26 heteroatoms. The van der Waals surface area contributed by atoms with Crippen LogP contribution in [0.5, 0.6) is 40.2 Å². The maximum atomic E-state index is 12.9. The first kappa shape index (κ1) is 104. The molecule has 0 aliphatic heterocycles. The van der Waals surface area contributed by atoms with E-state index >= 15 is 0 Å². The summed E-state index contributed by atoms with van der Waals surface area (Å²) in [7, 11) is 1.63. The van der Waals surface area contributed by atoms with Crippen molar-refractivity contribution in [3.05, 3.63) is 319 Å². The van der Waals surface area contributed by atoms with Crippen LogP contribution in [0.1, 0.15) is 173 Å². The Morgan fingerprint density at radius 2 is 0.623 bits per heavy atom. The molecule has 0 saturated carbocycles. The molecule has 0 spiro atoms. The van der Waals surface area contributed by atoms with Crippen LogP contribution in [0.2, 0.25) is 5.02 Å². The van der Waals surface area contributed by atoms with E-state index in [-0.39, 0.29) is 11.6 Å². The Morgan fingerprint density at radius 3 is 0.928 bits per heavy atom. The lowest BCUT2D eigenvalue weighted by Gasteiger charge is -2.17. The summed E-state index contributed by atoms with van der Waals surface area (Å²) in [5.74, 6) is -2.49. The van der Waals surface area contributed by atoms with Crippen molar-refractivity contribution < 1.29 is 119 Å². The van der Waals surface area contributed by atoms with Crippen molar-refractivity contribution in [1.82, 2.24) is 0 Å². The Morgan fingerprint density at radius 1 is 0.348 bits per heavy atom. The molecule has 12 aromatic rings. The Bertz CT molecular complexity index is 6140. The number of carboxylic acid groups (broad SMARTS) is 6. The minimum atomic E-state index is -4.42. The van der Waals surface area contributed by atoms with Crippen molar-refractivity contribution in [3.8, 4) is 62.5 Å². The van der Waals surface area contributed by atoms with E-state index < -0.39 is 84.2 Å². The van der Waals surface area contributed by atoms with Gasteiger partial charge in [-0.1, -0.05) is 155 Å². The predicted molar refractivity (Wildman–Crippen MR) is 526 cm³/mol. The molecule has 6 N–H and O–H groups in total. The van der Waals surface area contributed by atoms with Crippen LogP contribution >= 0.6 is 11.6 Å². The van der Waals surface area contributed by atoms with E-state index in [1.54, 1.807) is 92.1 Å². The third-order valence-corrected chi connectivity index (χ3v) is 23.8. The van der Waals surface area contributed by atoms with E-state index in [2.05, 4.69) is 37.5 Å². The van der Waals surface area contributed by atoms with Crippen molar-refractivity contribution in [1.29, 1.82) is 0 Å². The number of rotatable bonds is 39. The van der Waals surface area contributed by atoms with Gasteiger partial charge in [-0.3, -0.25) is 0 Å². The van der Waals surface area contributed by atoms with Gasteiger partial charge in [0.05, 0.1) is 12.7 Å². The first-order valence-electron chi connectivity index (χ1n) is 46.3. The second-order valence-electron chi connectivity index (χ2n) is 33.6. The van der Waals surface area contributed by atoms with Gasteiger partial charge in [-0.25, -0.2) is 33.2 Å². The first-order valence-corrected chi connectivity index (χ1v) is 46.7. The quantitative estimate of drug-likeness (QED) is 0.0154. The molecule has 16 rings (SSSR count). The smallest absolute Gasteiger partial charge is 0.416 e. The Hall–Kier alpha value is -14.3. The molecule has 138 heavy (non-hydrogen) atoms. The molecular weight excluding hydrogens is 1790 g/mol. The highest BCUT2D eigenvalue weighted by molar-refractivity contribution is 6.30. The fraction of sp³-hybridized carbons (Fsp3) is 0.304. The predicted octanol–water partition coefficient (Wildman–Crippen LogP) is 28.3. The summed E-state index contributed by atoms with van der Waals surface area (Å²) < 4.78 is 101. The van der Waals surface area contributed by atoms with E-state index in [0.717, 1.165) is 173 Å². The highest BCUT2D eigenvalue weighted by Crippen LogP contribution is 2.38. The number of halogens is 5. The number of allylic oxidation sites excluding steroid dienone is 10. The lowest BCUT2D eigenvalue weighted by molar-refractivity contribution is -0.146. The van der Waals surface area contributed by atoms with Gasteiger partial charge < -0.3 is 72.6 Å². The van der Waals surface area contributed by atoms with E-state index in [1.807, 2.05) is 121 Å². The lowest BCUT2D eigenvalue weighted by atomic mass is 9.95. The molecule has 6 atom stereocenters. The normalized spacial score (nSPS) is 14.5. The van der Waals surface area contributed by atoms with Crippen molar-refractivity contribution in [2.24, 2.45) is 0 Å². The number of alkyl halides is 3. The summed E-state index contributed by atoms with van der Waals surface area (Å²) in [6.45, 7) is 7.17. The molecule has 4 aliphatic rings. The zero-order valence-corrected chi connectivity index (χ0v) is 77.6. The summed E-state index contributed by atoms with van der Waals surface area (Å²) >= 11 is 5.79. The van der Waals surface area contributed by atoms with Gasteiger partial charge in [0.1, 0.15) is 68.4 Å². The summed E-state index contributed by atoms with van der Waals surface area (Å²) in [4.78, 5) is 68.0. The second kappa shape index (κ2) is 53.2. The third-order valence-electron chi connectivity index (χ3n) is 23.5. The topological polar surface area (TPSA) is 315 Å². The standard InChI is InChI=1S/C22H22O4.C21H20O4.C19H20O4.C18H17FO3.C16H19ClO3.C16H17F3O3/c23-22(24)21(12-10-15-6-2-1-3-7-15)25-16-11-13-20-18(14-16)17-8-4-5-9-19(17)26-20;22-21(23)20(11-9-14-5-1-2-6-14)24-15-10-12-19-17(13-15)16-7-3-4-8-18(16)25-19;1-3-4-5-18(19(20)21)23-17-12-8-15(9-13-17)14-6-10-16(22-2)11-7-14;1-2-3-4-17(18(20)21)22-16-11-7-14(8-12-16)13-5-9-15(19)10-6-13;17-13-7-9-14(10-8-13)20-15(16(18)19)11-6-12-4-2-1-3-5-12;17-16(18,19)12-6-8-13(9-7-12)22-14(15(20)21)10-5-11-3-1-2-4-11/h4-6,8-9,11,13-14,21H,1-3,7,10,12H2,(H,23,24);3-5,7-8,10,12-13,20H,1-2,6,9,11H2,(H,22,23);3,6-13,18H,1,4-5H2,2H3,(H,20,21);2,5-12,17H,1,3-4H2,(H,20,21);4,7-10,15H,1-3,5-6,11H2,(H,18,19);3,6-9,14H,1-2,4-5,10H2,(H,20,21). The van der Waals surface area contributed by atoms with Gasteiger partial charge in [0, 0.05) is 26.6 Å². The van der Waals surface area contributed by atoms with Gasteiger partial charge >= 0.3 is 42.0 Å². The summed E-state index contributed by atoms with van der Waals surface area (Å²) in [6.07, 6.45) is 25.0. The fourth-order valence-electron chi connectivity index (χ4n) is 16.0. The molecule has 0 saturated heterocycles. The number of hydrogen-bond donors (Lipinski definition) is 6. The van der Waals surface area contributed by atoms with Crippen LogP contribution in [0, 0.1) is 5.82 Å². The monoisotopic (exact) mass is 1910 g/mol. The number of aliphatic carboxylic acids is 6. The van der Waals surface area contributed by atoms with Gasteiger partial charge in [-0.2, -0.15) is 13.2 Å². The van der Waals surface area contributed by atoms with Crippen LogP contribution in [-0.2, 0) is 34.9 Å².